The van der Waals surface area contributed by atoms with Gasteiger partial charge in [-0.1, -0.05) is 51.1 Å². The molecule has 0 unspecified atom stereocenters. The van der Waals surface area contributed by atoms with Crippen molar-refractivity contribution in [1.29, 1.82) is 5.26 Å². The molecular formula is C13H15NO. The highest BCUT2D eigenvalue weighted by atomic mass is 16.1. The summed E-state index contributed by atoms with van der Waals surface area (Å²) in [4.78, 5) is 12.0. The average Bonchev–Trinajstić information content (AvgIpc) is 2.19. The SMILES string of the molecule is CC(C)(C)C(=O)[C@H](C#N)c1ccccc1. The molecule has 0 N–H and O–H groups in total. The van der Waals surface area contributed by atoms with Gasteiger partial charge in [0.15, 0.2) is 5.78 Å². The zero-order valence-electron chi connectivity index (χ0n) is 9.32. The molecule has 0 saturated heterocycles. The maximum absolute atomic E-state index is 12.0. The smallest absolute Gasteiger partial charge is 0.159 e. The van der Waals surface area contributed by atoms with Crippen molar-refractivity contribution in [1.82, 2.24) is 0 Å². The second-order valence-corrected chi connectivity index (χ2v) is 4.59. The third-order valence-corrected chi connectivity index (χ3v) is 2.26. The molecule has 1 aromatic carbocycles. The predicted molar refractivity (Wildman–Crippen MR) is 59.3 cm³/mol. The third kappa shape index (κ3) is 2.66. The van der Waals surface area contributed by atoms with Crippen LogP contribution in [0.25, 0.3) is 0 Å². The van der Waals surface area contributed by atoms with Crippen molar-refractivity contribution in [3.8, 4) is 6.07 Å². The normalized spacial score (nSPS) is 12.9. The van der Waals surface area contributed by atoms with Crippen molar-refractivity contribution in [2.75, 3.05) is 0 Å². The van der Waals surface area contributed by atoms with Gasteiger partial charge in [-0.2, -0.15) is 5.26 Å². The zero-order chi connectivity index (χ0) is 11.5. The standard InChI is InChI=1S/C13H15NO/c1-13(2,3)12(15)11(9-14)10-7-5-4-6-8-10/h4-8,11H,1-3H3/t11-/m1/s1. The fourth-order valence-electron chi connectivity index (χ4n) is 1.36. The molecule has 0 fully saturated rings. The summed E-state index contributed by atoms with van der Waals surface area (Å²) in [6, 6.07) is 11.3. The minimum Gasteiger partial charge on any atom is -0.297 e. The molecule has 1 aromatic rings. The summed E-state index contributed by atoms with van der Waals surface area (Å²) in [6.07, 6.45) is 0. The molecule has 78 valence electrons. The number of rotatable bonds is 2. The van der Waals surface area contributed by atoms with E-state index in [4.69, 9.17) is 5.26 Å². The van der Waals surface area contributed by atoms with Crippen molar-refractivity contribution < 1.29 is 4.79 Å². The van der Waals surface area contributed by atoms with Crippen LogP contribution in [-0.2, 0) is 4.79 Å². The van der Waals surface area contributed by atoms with E-state index in [0.717, 1.165) is 5.56 Å². The van der Waals surface area contributed by atoms with Crippen LogP contribution in [0.4, 0.5) is 0 Å². The molecule has 0 aliphatic heterocycles. The lowest BCUT2D eigenvalue weighted by Gasteiger charge is -2.20. The van der Waals surface area contributed by atoms with Crippen molar-refractivity contribution >= 4 is 5.78 Å². The number of carbonyl (C=O) groups excluding carboxylic acids is 1. The Labute approximate surface area is 90.5 Å². The molecule has 1 atom stereocenters. The highest BCUT2D eigenvalue weighted by Gasteiger charge is 2.30. The molecule has 0 aliphatic rings. The minimum atomic E-state index is -0.647. The van der Waals surface area contributed by atoms with Crippen molar-refractivity contribution in [3.63, 3.8) is 0 Å². The van der Waals surface area contributed by atoms with Crippen LogP contribution in [0.3, 0.4) is 0 Å². The molecule has 0 saturated carbocycles. The molecule has 15 heavy (non-hydrogen) atoms. The van der Waals surface area contributed by atoms with Crippen LogP contribution in [0.15, 0.2) is 30.3 Å². The predicted octanol–water partition coefficient (Wildman–Crippen LogP) is 2.91. The summed E-state index contributed by atoms with van der Waals surface area (Å²) in [5, 5.41) is 9.04. The molecule has 0 spiro atoms. The zero-order valence-corrected chi connectivity index (χ0v) is 9.32. The van der Waals surface area contributed by atoms with Gasteiger partial charge in [-0.05, 0) is 5.56 Å². The summed E-state index contributed by atoms with van der Waals surface area (Å²) < 4.78 is 0. The number of benzene rings is 1. The van der Waals surface area contributed by atoms with E-state index in [1.165, 1.54) is 0 Å². The van der Waals surface area contributed by atoms with Crippen LogP contribution < -0.4 is 0 Å². The van der Waals surface area contributed by atoms with Gasteiger partial charge in [0.25, 0.3) is 0 Å². The van der Waals surface area contributed by atoms with Crippen molar-refractivity contribution in [2.45, 2.75) is 26.7 Å². The second kappa shape index (κ2) is 4.27. The second-order valence-electron chi connectivity index (χ2n) is 4.59. The van der Waals surface area contributed by atoms with Gasteiger partial charge in [0, 0.05) is 5.41 Å². The van der Waals surface area contributed by atoms with Crippen LogP contribution in [0.2, 0.25) is 0 Å². The largest absolute Gasteiger partial charge is 0.297 e. The highest BCUT2D eigenvalue weighted by Crippen LogP contribution is 2.26. The van der Waals surface area contributed by atoms with Gasteiger partial charge in [-0.25, -0.2) is 0 Å². The molecule has 0 radical (unpaired) electrons. The molecular weight excluding hydrogens is 186 g/mol. The topological polar surface area (TPSA) is 40.9 Å². The fourth-order valence-corrected chi connectivity index (χ4v) is 1.36. The Bertz CT molecular complexity index is 381. The Morgan fingerprint density at radius 1 is 1.27 bits per heavy atom. The number of hydrogen-bond acceptors (Lipinski definition) is 2. The number of nitriles is 1. The Balaban J connectivity index is 3.03. The maximum Gasteiger partial charge on any atom is 0.159 e. The lowest BCUT2D eigenvalue weighted by atomic mass is 9.80. The van der Waals surface area contributed by atoms with Crippen LogP contribution >= 0.6 is 0 Å². The Morgan fingerprint density at radius 2 is 1.80 bits per heavy atom. The summed E-state index contributed by atoms with van der Waals surface area (Å²) in [7, 11) is 0. The molecule has 2 heteroatoms. The van der Waals surface area contributed by atoms with Gasteiger partial charge in [0.2, 0.25) is 0 Å². The van der Waals surface area contributed by atoms with E-state index in [2.05, 4.69) is 6.07 Å². The maximum atomic E-state index is 12.0. The van der Waals surface area contributed by atoms with Gasteiger partial charge in [-0.3, -0.25) is 4.79 Å². The molecule has 0 aromatic heterocycles. The van der Waals surface area contributed by atoms with Crippen LogP contribution in [0, 0.1) is 16.7 Å². The molecule has 0 amide bonds. The Hall–Kier alpha value is -1.62. The van der Waals surface area contributed by atoms with E-state index < -0.39 is 11.3 Å². The summed E-state index contributed by atoms with van der Waals surface area (Å²) in [6.45, 7) is 5.51. The summed E-state index contributed by atoms with van der Waals surface area (Å²) in [5.41, 5.74) is 0.302. The molecule has 0 bridgehead atoms. The Morgan fingerprint density at radius 3 is 2.20 bits per heavy atom. The summed E-state index contributed by atoms with van der Waals surface area (Å²) in [5.74, 6) is -0.678. The van der Waals surface area contributed by atoms with Crippen LogP contribution in [0.5, 0.6) is 0 Å². The lowest BCUT2D eigenvalue weighted by Crippen LogP contribution is -2.26. The summed E-state index contributed by atoms with van der Waals surface area (Å²) >= 11 is 0. The van der Waals surface area contributed by atoms with Crippen molar-refractivity contribution in [3.05, 3.63) is 35.9 Å². The number of ketones is 1. The van der Waals surface area contributed by atoms with E-state index in [0.29, 0.717) is 0 Å². The van der Waals surface area contributed by atoms with E-state index in [9.17, 15) is 4.79 Å². The first-order valence-corrected chi connectivity index (χ1v) is 4.95. The van der Waals surface area contributed by atoms with E-state index in [-0.39, 0.29) is 5.78 Å². The van der Waals surface area contributed by atoms with Crippen molar-refractivity contribution in [2.24, 2.45) is 5.41 Å². The monoisotopic (exact) mass is 201 g/mol. The molecule has 2 nitrogen and oxygen atoms in total. The number of carbonyl (C=O) groups is 1. The third-order valence-electron chi connectivity index (χ3n) is 2.26. The number of nitrogens with zero attached hydrogens (tertiary/aromatic N) is 1. The first-order valence-electron chi connectivity index (χ1n) is 4.95. The van der Waals surface area contributed by atoms with Gasteiger partial charge >= 0.3 is 0 Å². The average molecular weight is 201 g/mol. The number of hydrogen-bond donors (Lipinski definition) is 0. The van der Waals surface area contributed by atoms with Crippen LogP contribution in [-0.4, -0.2) is 5.78 Å². The molecule has 0 heterocycles. The number of Topliss-reactive ketones (excluding diaryl/α,β-unsaturated/α-hetero) is 1. The molecule has 0 aliphatic carbocycles. The quantitative estimate of drug-likeness (QED) is 0.738. The lowest BCUT2D eigenvalue weighted by molar-refractivity contribution is -0.126. The van der Waals surface area contributed by atoms with Gasteiger partial charge < -0.3 is 0 Å². The first-order chi connectivity index (χ1) is 6.96. The highest BCUT2D eigenvalue weighted by molar-refractivity contribution is 5.92. The van der Waals surface area contributed by atoms with Gasteiger partial charge in [0.05, 0.1) is 6.07 Å². The van der Waals surface area contributed by atoms with E-state index >= 15 is 0 Å². The fraction of sp³-hybridized carbons (Fsp3) is 0.385. The first kappa shape index (κ1) is 11.5. The van der Waals surface area contributed by atoms with Gasteiger partial charge in [0.1, 0.15) is 5.92 Å². The Kier molecular flexibility index (Phi) is 3.26. The van der Waals surface area contributed by atoms with Crippen LogP contribution in [0.1, 0.15) is 32.3 Å². The van der Waals surface area contributed by atoms with E-state index in [1.807, 2.05) is 51.1 Å². The van der Waals surface area contributed by atoms with Gasteiger partial charge in [-0.15, -0.1) is 0 Å². The van der Waals surface area contributed by atoms with E-state index in [1.54, 1.807) is 0 Å². The molecule has 1 rings (SSSR count). The minimum absolute atomic E-state index is 0.0313.